The normalized spacial score (nSPS) is 11.4. The summed E-state index contributed by atoms with van der Waals surface area (Å²) in [5.74, 6) is 1.47. The first-order chi connectivity index (χ1) is 16.8. The molecule has 5 rings (SSSR count). The Balaban J connectivity index is 1.25. The molecule has 3 N–H and O–H groups in total. The molecular weight excluding hydrogens is 422 g/mol. The zero-order valence-corrected chi connectivity index (χ0v) is 19.8. The Morgan fingerprint density at radius 3 is 2.56 bits per heavy atom. The number of ether oxygens (including phenoxy) is 2. The fraction of sp³-hybridized carbons (Fsp3) is 0.241. The lowest BCUT2D eigenvalue weighted by Crippen LogP contribution is -2.19. The van der Waals surface area contributed by atoms with Gasteiger partial charge in [-0.25, -0.2) is 0 Å². The first-order valence-corrected chi connectivity index (χ1v) is 11.9. The van der Waals surface area contributed by atoms with E-state index in [4.69, 9.17) is 9.47 Å². The molecule has 0 aliphatic rings. The van der Waals surface area contributed by atoms with Gasteiger partial charge in [-0.2, -0.15) is 0 Å². The summed E-state index contributed by atoms with van der Waals surface area (Å²) in [6, 6.07) is 23.4. The van der Waals surface area contributed by atoms with E-state index in [1.165, 1.54) is 27.4 Å². The van der Waals surface area contributed by atoms with Gasteiger partial charge in [0.15, 0.2) is 11.5 Å². The largest absolute Gasteiger partial charge is 0.493 e. The minimum atomic E-state index is 0.737. The van der Waals surface area contributed by atoms with E-state index in [0.29, 0.717) is 0 Å². The van der Waals surface area contributed by atoms with Gasteiger partial charge >= 0.3 is 0 Å². The summed E-state index contributed by atoms with van der Waals surface area (Å²) in [6.07, 6.45) is 5.14. The Hall–Kier alpha value is -3.70. The number of hydrogen-bond acceptors (Lipinski definition) is 3. The van der Waals surface area contributed by atoms with Crippen molar-refractivity contribution in [1.82, 2.24) is 15.3 Å². The van der Waals surface area contributed by atoms with Crippen LogP contribution in [0.15, 0.2) is 72.9 Å². The first kappa shape index (κ1) is 22.1. The van der Waals surface area contributed by atoms with Crippen LogP contribution in [0.5, 0.6) is 11.5 Å². The van der Waals surface area contributed by atoms with Gasteiger partial charge in [0.1, 0.15) is 0 Å². The van der Waals surface area contributed by atoms with Gasteiger partial charge in [0, 0.05) is 33.9 Å². The molecule has 3 aromatic carbocycles. The maximum atomic E-state index is 5.54. The van der Waals surface area contributed by atoms with Gasteiger partial charge in [0.25, 0.3) is 0 Å². The second-order valence-corrected chi connectivity index (χ2v) is 8.60. The average Bonchev–Trinajstić information content (AvgIpc) is 3.50. The predicted octanol–water partition coefficient (Wildman–Crippen LogP) is 6.10. The van der Waals surface area contributed by atoms with Gasteiger partial charge < -0.3 is 24.8 Å². The van der Waals surface area contributed by atoms with Gasteiger partial charge in [-0.1, -0.05) is 24.3 Å². The van der Waals surface area contributed by atoms with Crippen molar-refractivity contribution in [3.63, 3.8) is 0 Å². The van der Waals surface area contributed by atoms with Crippen LogP contribution in [-0.4, -0.2) is 37.3 Å². The molecule has 174 valence electrons. The van der Waals surface area contributed by atoms with E-state index >= 15 is 0 Å². The van der Waals surface area contributed by atoms with E-state index in [0.717, 1.165) is 60.6 Å². The summed E-state index contributed by atoms with van der Waals surface area (Å²) in [4.78, 5) is 6.89. The first-order valence-electron chi connectivity index (χ1n) is 11.9. The van der Waals surface area contributed by atoms with Crippen LogP contribution in [-0.2, 0) is 12.8 Å². The number of H-pyrrole nitrogens is 2. The van der Waals surface area contributed by atoms with Crippen molar-refractivity contribution in [2.45, 2.75) is 19.3 Å². The highest BCUT2D eigenvalue weighted by Crippen LogP contribution is 2.36. The highest BCUT2D eigenvalue weighted by Gasteiger charge is 2.15. The molecule has 5 nitrogen and oxygen atoms in total. The Morgan fingerprint density at radius 2 is 1.68 bits per heavy atom. The fourth-order valence-corrected chi connectivity index (χ4v) is 4.71. The third kappa shape index (κ3) is 4.52. The Morgan fingerprint density at radius 1 is 0.794 bits per heavy atom. The van der Waals surface area contributed by atoms with Crippen LogP contribution in [0.1, 0.15) is 17.5 Å². The SMILES string of the molecule is COc1ccc(-c2[nH]c3ccccc3c2CCNCCCc2ccc3[nH]ccc3c2)cc1OC. The molecule has 0 saturated carbocycles. The monoisotopic (exact) mass is 453 g/mol. The van der Waals surface area contributed by atoms with Crippen LogP contribution in [0.4, 0.5) is 0 Å². The number of fused-ring (bicyclic) bond motifs is 2. The van der Waals surface area contributed by atoms with Gasteiger partial charge in [0.05, 0.1) is 14.2 Å². The number of hydrogen-bond donors (Lipinski definition) is 3. The molecule has 5 aromatic rings. The van der Waals surface area contributed by atoms with E-state index in [1.807, 2.05) is 18.3 Å². The predicted molar refractivity (Wildman–Crippen MR) is 140 cm³/mol. The van der Waals surface area contributed by atoms with Crippen molar-refractivity contribution in [1.29, 1.82) is 0 Å². The number of para-hydroxylation sites is 1. The molecule has 0 fully saturated rings. The standard InChI is InChI=1S/C29H31N3O2/c1-33-27-12-10-22(19-28(27)34-2)29-24(23-7-3-4-8-26(23)32-29)14-16-30-15-5-6-20-9-11-25-21(18-20)13-17-31-25/h3-4,7-13,17-19,30-32H,5-6,14-16H2,1-2H3. The number of benzene rings is 3. The highest BCUT2D eigenvalue weighted by molar-refractivity contribution is 5.91. The quantitative estimate of drug-likeness (QED) is 0.224. The molecule has 0 aliphatic carbocycles. The summed E-state index contributed by atoms with van der Waals surface area (Å²) in [5, 5.41) is 6.20. The summed E-state index contributed by atoms with van der Waals surface area (Å²) in [7, 11) is 3.34. The van der Waals surface area contributed by atoms with E-state index in [2.05, 4.69) is 69.9 Å². The molecular formula is C29H31N3O2. The van der Waals surface area contributed by atoms with Gasteiger partial charge in [-0.05, 0) is 91.3 Å². The van der Waals surface area contributed by atoms with E-state index in [1.54, 1.807) is 14.2 Å². The summed E-state index contributed by atoms with van der Waals surface area (Å²) < 4.78 is 11.0. The lowest BCUT2D eigenvalue weighted by Gasteiger charge is -2.11. The molecule has 0 unspecified atom stereocenters. The van der Waals surface area contributed by atoms with Crippen molar-refractivity contribution >= 4 is 21.8 Å². The lowest BCUT2D eigenvalue weighted by atomic mass is 10.0. The second-order valence-electron chi connectivity index (χ2n) is 8.60. The minimum absolute atomic E-state index is 0.737. The van der Waals surface area contributed by atoms with E-state index < -0.39 is 0 Å². The third-order valence-corrected chi connectivity index (χ3v) is 6.47. The topological polar surface area (TPSA) is 62.1 Å². The van der Waals surface area contributed by atoms with Crippen LogP contribution in [0, 0.1) is 0 Å². The molecule has 2 heterocycles. The minimum Gasteiger partial charge on any atom is -0.493 e. The molecule has 0 spiro atoms. The van der Waals surface area contributed by atoms with Gasteiger partial charge in [0.2, 0.25) is 0 Å². The number of nitrogens with one attached hydrogen (secondary N) is 3. The zero-order chi connectivity index (χ0) is 23.3. The maximum Gasteiger partial charge on any atom is 0.161 e. The molecule has 0 amide bonds. The smallest absolute Gasteiger partial charge is 0.161 e. The highest BCUT2D eigenvalue weighted by atomic mass is 16.5. The van der Waals surface area contributed by atoms with Crippen molar-refractivity contribution in [2.75, 3.05) is 27.3 Å². The lowest BCUT2D eigenvalue weighted by molar-refractivity contribution is 0.355. The number of aromatic nitrogens is 2. The second kappa shape index (κ2) is 10.1. The summed E-state index contributed by atoms with van der Waals surface area (Å²) in [6.45, 7) is 1.93. The van der Waals surface area contributed by atoms with Crippen molar-refractivity contribution in [2.24, 2.45) is 0 Å². The van der Waals surface area contributed by atoms with Crippen molar-refractivity contribution in [3.8, 4) is 22.8 Å². The maximum absolute atomic E-state index is 5.54. The fourth-order valence-electron chi connectivity index (χ4n) is 4.71. The molecule has 2 aromatic heterocycles. The number of aromatic amines is 2. The number of aryl methyl sites for hydroxylation is 1. The molecule has 5 heteroatoms. The Labute approximate surface area is 200 Å². The zero-order valence-electron chi connectivity index (χ0n) is 19.8. The van der Waals surface area contributed by atoms with E-state index in [9.17, 15) is 0 Å². The van der Waals surface area contributed by atoms with Gasteiger partial charge in [-0.3, -0.25) is 0 Å². The van der Waals surface area contributed by atoms with Crippen molar-refractivity contribution < 1.29 is 9.47 Å². The molecule has 0 radical (unpaired) electrons. The van der Waals surface area contributed by atoms with Crippen LogP contribution >= 0.6 is 0 Å². The molecule has 0 aliphatic heterocycles. The van der Waals surface area contributed by atoms with Crippen LogP contribution in [0.3, 0.4) is 0 Å². The molecule has 0 atom stereocenters. The number of rotatable bonds is 10. The Bertz CT molecular complexity index is 1400. The van der Waals surface area contributed by atoms with E-state index in [-0.39, 0.29) is 0 Å². The van der Waals surface area contributed by atoms with Crippen LogP contribution < -0.4 is 14.8 Å². The van der Waals surface area contributed by atoms with Crippen LogP contribution in [0.25, 0.3) is 33.1 Å². The molecule has 34 heavy (non-hydrogen) atoms. The molecule has 0 saturated heterocycles. The van der Waals surface area contributed by atoms with Crippen LogP contribution in [0.2, 0.25) is 0 Å². The Kier molecular flexibility index (Phi) is 6.54. The third-order valence-electron chi connectivity index (χ3n) is 6.47. The number of methoxy groups -OCH3 is 2. The molecule has 0 bridgehead atoms. The summed E-state index contributed by atoms with van der Waals surface area (Å²) in [5.41, 5.74) is 7.32. The van der Waals surface area contributed by atoms with Gasteiger partial charge in [-0.15, -0.1) is 0 Å². The summed E-state index contributed by atoms with van der Waals surface area (Å²) >= 11 is 0. The average molecular weight is 454 g/mol. The van der Waals surface area contributed by atoms with Crippen molar-refractivity contribution in [3.05, 3.63) is 84.1 Å².